The molecule has 0 aliphatic heterocycles. The third kappa shape index (κ3) is 4.88. The Kier molecular flexibility index (Phi) is 5.50. The van der Waals surface area contributed by atoms with Crippen molar-refractivity contribution in [3.8, 4) is 0 Å². The van der Waals surface area contributed by atoms with E-state index in [4.69, 9.17) is 5.11 Å². The first-order chi connectivity index (χ1) is 8.32. The number of hydrogen-bond acceptors (Lipinski definition) is 3. The molecule has 1 aromatic rings. The molecule has 0 spiro atoms. The van der Waals surface area contributed by atoms with Gasteiger partial charge in [0.15, 0.2) is 0 Å². The fourth-order valence-electron chi connectivity index (χ4n) is 1.61. The second kappa shape index (κ2) is 6.45. The van der Waals surface area contributed by atoms with Crippen molar-refractivity contribution < 1.29 is 14.4 Å². The van der Waals surface area contributed by atoms with Gasteiger partial charge in [0.1, 0.15) is 0 Å². The highest BCUT2D eigenvalue weighted by molar-refractivity contribution is 7.84. The first-order valence-electron chi connectivity index (χ1n) is 6.06. The van der Waals surface area contributed by atoms with E-state index in [0.29, 0.717) is 5.75 Å². The van der Waals surface area contributed by atoms with E-state index in [-0.39, 0.29) is 17.8 Å². The van der Waals surface area contributed by atoms with Gasteiger partial charge in [-0.3, -0.25) is 4.21 Å². The Morgan fingerprint density at radius 3 is 2.22 bits per heavy atom. The smallest absolute Gasteiger partial charge is 0.0885 e. The molecule has 1 aromatic carbocycles. The van der Waals surface area contributed by atoms with Crippen LogP contribution in [0.1, 0.15) is 31.9 Å². The van der Waals surface area contributed by atoms with Crippen molar-refractivity contribution in [1.29, 1.82) is 0 Å². The van der Waals surface area contributed by atoms with Crippen molar-refractivity contribution in [2.45, 2.75) is 38.0 Å². The summed E-state index contributed by atoms with van der Waals surface area (Å²) >= 11 is 0. The first-order valence-corrected chi connectivity index (χ1v) is 7.55. The van der Waals surface area contributed by atoms with Crippen LogP contribution in [0.3, 0.4) is 0 Å². The van der Waals surface area contributed by atoms with Gasteiger partial charge in [-0.1, -0.05) is 45.0 Å². The summed E-state index contributed by atoms with van der Waals surface area (Å²) in [6.07, 6.45) is -0.889. The van der Waals surface area contributed by atoms with E-state index < -0.39 is 16.9 Å². The summed E-state index contributed by atoms with van der Waals surface area (Å²) in [6, 6.07) is 8.05. The Morgan fingerprint density at radius 2 is 1.78 bits per heavy atom. The molecule has 0 saturated carbocycles. The molecule has 3 nitrogen and oxygen atoms in total. The summed E-state index contributed by atoms with van der Waals surface area (Å²) < 4.78 is 11.7. The van der Waals surface area contributed by atoms with Crippen LogP contribution in [0.4, 0.5) is 0 Å². The summed E-state index contributed by atoms with van der Waals surface area (Å²) in [5.74, 6) is 0.541. The molecule has 1 rings (SSSR count). The van der Waals surface area contributed by atoms with Gasteiger partial charge in [0.25, 0.3) is 0 Å². The minimum atomic E-state index is -1.14. The summed E-state index contributed by atoms with van der Waals surface area (Å²) in [7, 11) is -1.14. The zero-order chi connectivity index (χ0) is 13.8. The van der Waals surface area contributed by atoms with Crippen LogP contribution in [0.5, 0.6) is 0 Å². The van der Waals surface area contributed by atoms with Crippen LogP contribution < -0.4 is 0 Å². The van der Waals surface area contributed by atoms with Crippen LogP contribution in [0.15, 0.2) is 24.3 Å². The molecule has 0 radical (unpaired) electrons. The van der Waals surface area contributed by atoms with E-state index in [1.165, 1.54) is 5.56 Å². The predicted molar refractivity (Wildman–Crippen MR) is 74.9 cm³/mol. The maximum Gasteiger partial charge on any atom is 0.0885 e. The topological polar surface area (TPSA) is 57.5 Å². The van der Waals surface area contributed by atoms with E-state index in [0.717, 1.165) is 5.56 Å². The normalized spacial score (nSPS) is 15.4. The second-order valence-corrected chi connectivity index (χ2v) is 7.04. The molecule has 2 N–H and O–H groups in total. The maximum atomic E-state index is 11.7. The van der Waals surface area contributed by atoms with Gasteiger partial charge in [0.05, 0.1) is 18.5 Å². The van der Waals surface area contributed by atoms with Crippen molar-refractivity contribution in [3.05, 3.63) is 35.4 Å². The molecule has 18 heavy (non-hydrogen) atoms. The highest BCUT2D eigenvalue weighted by Crippen LogP contribution is 2.22. The molecule has 0 fully saturated rings. The summed E-state index contributed by atoms with van der Waals surface area (Å²) in [6.45, 7) is 6.11. The lowest BCUT2D eigenvalue weighted by Gasteiger charge is -2.19. The molecule has 4 heteroatoms. The predicted octanol–water partition coefficient (Wildman–Crippen LogP) is 1.59. The van der Waals surface area contributed by atoms with Gasteiger partial charge in [0, 0.05) is 16.6 Å². The molecule has 0 saturated heterocycles. The summed E-state index contributed by atoms with van der Waals surface area (Å²) in [5, 5.41) is 17.9. The molecule has 0 bridgehead atoms. The largest absolute Gasteiger partial charge is 0.394 e. The molecule has 0 aliphatic rings. The number of hydrogen-bond donors (Lipinski definition) is 2. The summed E-state index contributed by atoms with van der Waals surface area (Å²) in [4.78, 5) is 0. The number of aliphatic hydroxyl groups is 2. The monoisotopic (exact) mass is 270 g/mol. The Labute approximate surface area is 111 Å². The van der Waals surface area contributed by atoms with Crippen LogP contribution in [0, 0.1) is 0 Å². The number of aliphatic hydroxyl groups excluding tert-OH is 2. The molecule has 0 aliphatic carbocycles. The Bertz CT molecular complexity index is 392. The fraction of sp³-hybridized carbons (Fsp3) is 0.571. The van der Waals surface area contributed by atoms with Crippen molar-refractivity contribution >= 4 is 10.8 Å². The SMILES string of the molecule is CC(C)(C)c1ccc(C[S@](=O)C[C@H](O)CO)cc1. The Hall–Kier alpha value is -0.710. The molecular formula is C14H22O3S. The second-order valence-electron chi connectivity index (χ2n) is 5.53. The highest BCUT2D eigenvalue weighted by atomic mass is 32.2. The molecule has 102 valence electrons. The lowest BCUT2D eigenvalue weighted by Crippen LogP contribution is -2.21. The Morgan fingerprint density at radius 1 is 1.22 bits per heavy atom. The van der Waals surface area contributed by atoms with Crippen LogP contribution in [-0.4, -0.2) is 32.9 Å². The van der Waals surface area contributed by atoms with Crippen LogP contribution in [-0.2, 0) is 22.0 Å². The average molecular weight is 270 g/mol. The van der Waals surface area contributed by atoms with Gasteiger partial charge >= 0.3 is 0 Å². The van der Waals surface area contributed by atoms with Gasteiger partial charge in [-0.2, -0.15) is 0 Å². The van der Waals surface area contributed by atoms with Crippen molar-refractivity contribution in [2.75, 3.05) is 12.4 Å². The van der Waals surface area contributed by atoms with Crippen molar-refractivity contribution in [2.24, 2.45) is 0 Å². The minimum Gasteiger partial charge on any atom is -0.394 e. The lowest BCUT2D eigenvalue weighted by atomic mass is 9.87. The van der Waals surface area contributed by atoms with E-state index in [1.54, 1.807) is 0 Å². The van der Waals surface area contributed by atoms with Crippen LogP contribution in [0.2, 0.25) is 0 Å². The highest BCUT2D eigenvalue weighted by Gasteiger charge is 2.13. The molecule has 0 aromatic heterocycles. The number of rotatable bonds is 5. The average Bonchev–Trinajstić information content (AvgIpc) is 2.28. The third-order valence-corrected chi connectivity index (χ3v) is 4.15. The maximum absolute atomic E-state index is 11.7. The molecule has 2 atom stereocenters. The van der Waals surface area contributed by atoms with Gasteiger partial charge in [-0.25, -0.2) is 0 Å². The van der Waals surface area contributed by atoms with Gasteiger partial charge in [-0.05, 0) is 16.5 Å². The standard InChI is InChI=1S/C14H22O3S/c1-14(2,3)12-6-4-11(5-7-12)9-18(17)10-13(16)8-15/h4-7,13,15-16H,8-10H2,1-3H3/t13-,18+/m1/s1. The van der Waals surface area contributed by atoms with Gasteiger partial charge in [0.2, 0.25) is 0 Å². The molecule has 0 unspecified atom stereocenters. The van der Waals surface area contributed by atoms with Crippen LogP contribution in [0.25, 0.3) is 0 Å². The number of benzene rings is 1. The zero-order valence-corrected chi connectivity index (χ0v) is 12.0. The van der Waals surface area contributed by atoms with Gasteiger partial charge in [-0.15, -0.1) is 0 Å². The zero-order valence-electron chi connectivity index (χ0n) is 11.2. The lowest BCUT2D eigenvalue weighted by molar-refractivity contribution is 0.113. The quantitative estimate of drug-likeness (QED) is 0.854. The third-order valence-electron chi connectivity index (χ3n) is 2.74. The molecule has 0 heterocycles. The Balaban J connectivity index is 2.61. The van der Waals surface area contributed by atoms with Gasteiger partial charge < -0.3 is 10.2 Å². The molecular weight excluding hydrogens is 248 g/mol. The van der Waals surface area contributed by atoms with E-state index in [2.05, 4.69) is 32.9 Å². The van der Waals surface area contributed by atoms with E-state index in [1.807, 2.05) is 12.1 Å². The summed E-state index contributed by atoms with van der Waals surface area (Å²) in [5.41, 5.74) is 2.35. The van der Waals surface area contributed by atoms with E-state index >= 15 is 0 Å². The van der Waals surface area contributed by atoms with E-state index in [9.17, 15) is 9.32 Å². The first kappa shape index (κ1) is 15.3. The minimum absolute atomic E-state index is 0.116. The van der Waals surface area contributed by atoms with Crippen molar-refractivity contribution in [1.82, 2.24) is 0 Å². The fourth-order valence-corrected chi connectivity index (χ4v) is 2.83. The molecule has 0 amide bonds. The van der Waals surface area contributed by atoms with Crippen molar-refractivity contribution in [3.63, 3.8) is 0 Å². The van der Waals surface area contributed by atoms with Crippen LogP contribution >= 0.6 is 0 Å².